The third-order valence-electron chi connectivity index (χ3n) is 6.81. The van der Waals surface area contributed by atoms with E-state index in [1.165, 1.54) is 51.5 Å². The Morgan fingerprint density at radius 3 is 1.60 bits per heavy atom. The van der Waals surface area contributed by atoms with Gasteiger partial charge in [-0.2, -0.15) is 0 Å². The number of hydrogen-bond donors (Lipinski definition) is 0. The Labute approximate surface area is 151 Å². The van der Waals surface area contributed by atoms with E-state index < -0.39 is 0 Å². The molecule has 5 heteroatoms. The van der Waals surface area contributed by atoms with Crippen LogP contribution in [0.25, 0.3) is 0 Å². The second-order valence-corrected chi connectivity index (χ2v) is 9.12. The van der Waals surface area contributed by atoms with E-state index in [1.807, 2.05) is 0 Å². The Morgan fingerprint density at radius 2 is 1.16 bits per heavy atom. The highest BCUT2D eigenvalue weighted by molar-refractivity contribution is 4.99. The largest absolute Gasteiger partial charge is 0.373 e. The van der Waals surface area contributed by atoms with Gasteiger partial charge in [0, 0.05) is 19.6 Å². The van der Waals surface area contributed by atoms with Crippen molar-refractivity contribution in [2.24, 2.45) is 11.3 Å². The van der Waals surface area contributed by atoms with Crippen molar-refractivity contribution in [1.29, 1.82) is 0 Å². The van der Waals surface area contributed by atoms with Gasteiger partial charge in [0.05, 0.1) is 50.8 Å². The van der Waals surface area contributed by atoms with E-state index >= 15 is 0 Å². The summed E-state index contributed by atoms with van der Waals surface area (Å²) in [6.07, 6.45) is 11.4. The van der Waals surface area contributed by atoms with Gasteiger partial charge in [0.2, 0.25) is 0 Å². The van der Waals surface area contributed by atoms with Gasteiger partial charge in [-0.05, 0) is 37.0 Å². The van der Waals surface area contributed by atoms with Crippen molar-refractivity contribution in [2.45, 2.75) is 69.4 Å². The topological polar surface area (TPSA) is 53.4 Å². The molecule has 4 saturated heterocycles. The van der Waals surface area contributed by atoms with Crippen LogP contribution in [0, 0.1) is 11.3 Å². The maximum absolute atomic E-state index is 5.72. The van der Waals surface area contributed by atoms with E-state index in [2.05, 4.69) is 4.90 Å². The molecule has 0 bridgehead atoms. The van der Waals surface area contributed by atoms with Gasteiger partial charge >= 0.3 is 0 Å². The Bertz CT molecular complexity index is 423. The molecule has 5 nitrogen and oxygen atoms in total. The summed E-state index contributed by atoms with van der Waals surface area (Å²) in [7, 11) is 0. The number of epoxide rings is 4. The van der Waals surface area contributed by atoms with Crippen LogP contribution in [0.2, 0.25) is 0 Å². The molecule has 0 radical (unpaired) electrons. The van der Waals surface area contributed by atoms with Crippen molar-refractivity contribution < 1.29 is 18.9 Å². The van der Waals surface area contributed by atoms with E-state index in [4.69, 9.17) is 18.9 Å². The van der Waals surface area contributed by atoms with Crippen molar-refractivity contribution in [2.75, 3.05) is 46.1 Å². The quantitative estimate of drug-likeness (QED) is 0.534. The molecular weight excluding hydrogens is 318 g/mol. The lowest BCUT2D eigenvalue weighted by Gasteiger charge is -2.45. The third-order valence-corrected chi connectivity index (χ3v) is 6.81. The summed E-state index contributed by atoms with van der Waals surface area (Å²) >= 11 is 0. The van der Waals surface area contributed by atoms with Crippen molar-refractivity contribution in [3.05, 3.63) is 0 Å². The standard InChI is InChI=1S/C20H33NO4/c1-2-4-15(5-3-1)20(6-16-10-22-16,7-17-11-23-17)14-21(8-18-12-24-18)9-19-13-25-19/h15-19H,1-14H2. The first-order chi connectivity index (χ1) is 12.3. The van der Waals surface area contributed by atoms with Crippen LogP contribution in [0.3, 0.4) is 0 Å². The summed E-state index contributed by atoms with van der Waals surface area (Å²) in [6.45, 7) is 7.15. The number of hydrogen-bond acceptors (Lipinski definition) is 5. The molecule has 5 aliphatic rings. The molecule has 1 saturated carbocycles. The molecule has 5 rings (SSSR count). The SMILES string of the molecule is C1CCC(C(CC2CO2)(CC2CO2)CN(CC2CO2)CC2CO2)CC1. The summed E-state index contributed by atoms with van der Waals surface area (Å²) in [5.41, 5.74) is 0.354. The molecular formula is C20H33NO4. The lowest BCUT2D eigenvalue weighted by molar-refractivity contribution is 0.0247. The van der Waals surface area contributed by atoms with Crippen LogP contribution in [0.1, 0.15) is 44.9 Å². The molecule has 0 N–H and O–H groups in total. The van der Waals surface area contributed by atoms with Crippen LogP contribution in [-0.4, -0.2) is 75.4 Å². The molecule has 5 fully saturated rings. The zero-order chi connectivity index (χ0) is 16.7. The molecule has 1 aliphatic carbocycles. The zero-order valence-electron chi connectivity index (χ0n) is 15.4. The van der Waals surface area contributed by atoms with Gasteiger partial charge in [-0.25, -0.2) is 0 Å². The smallest absolute Gasteiger partial charge is 0.0936 e. The molecule has 4 aliphatic heterocycles. The Balaban J connectivity index is 1.34. The predicted molar refractivity (Wildman–Crippen MR) is 93.6 cm³/mol. The van der Waals surface area contributed by atoms with Gasteiger partial charge in [0.25, 0.3) is 0 Å². The third kappa shape index (κ3) is 4.75. The maximum atomic E-state index is 5.72. The van der Waals surface area contributed by atoms with Gasteiger partial charge in [0.1, 0.15) is 0 Å². The monoisotopic (exact) mass is 351 g/mol. The predicted octanol–water partition coefficient (Wildman–Crippen LogP) is 2.23. The molecule has 0 spiro atoms. The van der Waals surface area contributed by atoms with E-state index in [1.54, 1.807) is 0 Å². The van der Waals surface area contributed by atoms with Gasteiger partial charge < -0.3 is 18.9 Å². The molecule has 4 unspecified atom stereocenters. The molecule has 0 aromatic heterocycles. The lowest BCUT2D eigenvalue weighted by atomic mass is 9.63. The molecule has 25 heavy (non-hydrogen) atoms. The minimum atomic E-state index is 0.354. The Hall–Kier alpha value is -0.200. The highest BCUT2D eigenvalue weighted by Crippen LogP contribution is 2.49. The van der Waals surface area contributed by atoms with E-state index in [0.29, 0.717) is 29.8 Å². The minimum absolute atomic E-state index is 0.354. The fraction of sp³-hybridized carbons (Fsp3) is 1.00. The number of nitrogens with zero attached hydrogens (tertiary/aromatic N) is 1. The van der Waals surface area contributed by atoms with Crippen LogP contribution < -0.4 is 0 Å². The fourth-order valence-corrected chi connectivity index (χ4v) is 5.24. The van der Waals surface area contributed by atoms with Crippen molar-refractivity contribution in [3.63, 3.8) is 0 Å². The first kappa shape index (κ1) is 16.9. The molecule has 142 valence electrons. The van der Waals surface area contributed by atoms with E-state index in [0.717, 1.165) is 45.4 Å². The summed E-state index contributed by atoms with van der Waals surface area (Å²) in [6, 6.07) is 0. The molecule has 4 atom stereocenters. The highest BCUT2D eigenvalue weighted by Gasteiger charge is 2.48. The van der Waals surface area contributed by atoms with Crippen molar-refractivity contribution >= 4 is 0 Å². The van der Waals surface area contributed by atoms with Crippen molar-refractivity contribution in [1.82, 2.24) is 4.90 Å². The van der Waals surface area contributed by atoms with Crippen LogP contribution in [0.5, 0.6) is 0 Å². The van der Waals surface area contributed by atoms with Gasteiger partial charge in [0.15, 0.2) is 0 Å². The van der Waals surface area contributed by atoms with Crippen molar-refractivity contribution in [3.8, 4) is 0 Å². The second kappa shape index (κ2) is 7.08. The lowest BCUT2D eigenvalue weighted by Crippen LogP contribution is -2.47. The normalized spacial score (nSPS) is 39.2. The second-order valence-electron chi connectivity index (χ2n) is 9.12. The van der Waals surface area contributed by atoms with Crippen LogP contribution in [0.4, 0.5) is 0 Å². The Kier molecular flexibility index (Phi) is 4.80. The van der Waals surface area contributed by atoms with Crippen LogP contribution >= 0.6 is 0 Å². The molecule has 4 heterocycles. The summed E-state index contributed by atoms with van der Waals surface area (Å²) in [5.74, 6) is 0.831. The Morgan fingerprint density at radius 1 is 0.680 bits per heavy atom. The summed E-state index contributed by atoms with van der Waals surface area (Å²) in [4.78, 5) is 2.66. The maximum Gasteiger partial charge on any atom is 0.0936 e. The van der Waals surface area contributed by atoms with Gasteiger partial charge in [-0.15, -0.1) is 0 Å². The number of rotatable bonds is 11. The first-order valence-corrected chi connectivity index (χ1v) is 10.5. The van der Waals surface area contributed by atoms with Crippen LogP contribution in [0.15, 0.2) is 0 Å². The summed E-state index contributed by atoms with van der Waals surface area (Å²) in [5, 5.41) is 0. The summed E-state index contributed by atoms with van der Waals surface area (Å²) < 4.78 is 22.5. The zero-order valence-corrected chi connectivity index (χ0v) is 15.4. The fourth-order valence-electron chi connectivity index (χ4n) is 5.24. The van der Waals surface area contributed by atoms with Gasteiger partial charge in [-0.1, -0.05) is 19.3 Å². The average Bonchev–Trinajstić information content (AvgIpc) is 3.45. The van der Waals surface area contributed by atoms with E-state index in [-0.39, 0.29) is 0 Å². The molecule has 0 amide bonds. The van der Waals surface area contributed by atoms with E-state index in [9.17, 15) is 0 Å². The van der Waals surface area contributed by atoms with Crippen LogP contribution in [-0.2, 0) is 18.9 Å². The highest BCUT2D eigenvalue weighted by atomic mass is 16.6. The first-order valence-electron chi connectivity index (χ1n) is 10.5. The van der Waals surface area contributed by atoms with Gasteiger partial charge in [-0.3, -0.25) is 4.90 Å². The molecule has 0 aromatic carbocycles. The average molecular weight is 351 g/mol. The number of ether oxygens (including phenoxy) is 4. The minimum Gasteiger partial charge on any atom is -0.373 e. The molecule has 0 aromatic rings.